The molecule has 33 heavy (non-hydrogen) atoms. The third-order valence-corrected chi connectivity index (χ3v) is 5.93. The highest BCUT2D eigenvalue weighted by Gasteiger charge is 2.36. The topological polar surface area (TPSA) is 76.4 Å². The Morgan fingerprint density at radius 3 is 2.64 bits per heavy atom. The molecule has 1 aliphatic rings. The number of benzene rings is 1. The fourth-order valence-electron chi connectivity index (χ4n) is 4.09. The Labute approximate surface area is 193 Å². The average Bonchev–Trinajstić information content (AvgIpc) is 3.27. The van der Waals surface area contributed by atoms with Crippen LogP contribution in [0.4, 0.5) is 15.9 Å². The first-order valence-electron chi connectivity index (χ1n) is 11.1. The van der Waals surface area contributed by atoms with Crippen molar-refractivity contribution >= 4 is 17.4 Å². The Bertz CT molecular complexity index is 1100. The van der Waals surface area contributed by atoms with Gasteiger partial charge in [-0.1, -0.05) is 19.1 Å². The van der Waals surface area contributed by atoms with E-state index in [1.807, 2.05) is 28.9 Å². The summed E-state index contributed by atoms with van der Waals surface area (Å²) < 4.78 is 20.2. The first-order chi connectivity index (χ1) is 16.0. The summed E-state index contributed by atoms with van der Waals surface area (Å²) in [6.45, 7) is 3.70. The minimum Gasteiger partial charge on any atom is -0.383 e. The van der Waals surface area contributed by atoms with Gasteiger partial charge in [-0.25, -0.2) is 14.4 Å². The summed E-state index contributed by atoms with van der Waals surface area (Å²) in [4.78, 5) is 25.8. The standard InChI is InChI=1S/C24H29FN6O2/c1-4-20-24(32)29(2)21-14-26-22(28-23(21)31(20)11-12-33-3)10-7-18-13-27-30(16-18)15-17-5-8-19(25)9-6-17/h5-6,8-9,13-14,16,20H,4,7,10-12,15H2,1-3H3/t20-/m1/s1. The Hall–Kier alpha value is -3.33. The number of aromatic nitrogens is 4. The van der Waals surface area contributed by atoms with Crippen LogP contribution >= 0.6 is 0 Å². The molecule has 174 valence electrons. The zero-order valence-corrected chi connectivity index (χ0v) is 19.2. The summed E-state index contributed by atoms with van der Waals surface area (Å²) in [5, 5.41) is 4.42. The zero-order valence-electron chi connectivity index (χ0n) is 19.2. The number of ether oxygens (including phenoxy) is 1. The molecule has 3 aromatic rings. The van der Waals surface area contributed by atoms with E-state index in [1.54, 1.807) is 37.4 Å². The van der Waals surface area contributed by atoms with Gasteiger partial charge in [-0.05, 0) is 36.1 Å². The average molecular weight is 453 g/mol. The molecular weight excluding hydrogens is 423 g/mol. The van der Waals surface area contributed by atoms with Gasteiger partial charge >= 0.3 is 0 Å². The van der Waals surface area contributed by atoms with Gasteiger partial charge in [-0.15, -0.1) is 0 Å². The molecule has 2 aromatic heterocycles. The second kappa shape index (κ2) is 10.1. The van der Waals surface area contributed by atoms with Crippen molar-refractivity contribution in [3.05, 3.63) is 65.6 Å². The van der Waals surface area contributed by atoms with Crippen molar-refractivity contribution in [3.8, 4) is 0 Å². The Morgan fingerprint density at radius 2 is 1.91 bits per heavy atom. The lowest BCUT2D eigenvalue weighted by Crippen LogP contribution is -2.53. The van der Waals surface area contributed by atoms with Crippen LogP contribution in [-0.4, -0.2) is 59.0 Å². The van der Waals surface area contributed by atoms with Crippen LogP contribution in [0.25, 0.3) is 0 Å². The van der Waals surface area contributed by atoms with Gasteiger partial charge in [0.15, 0.2) is 5.82 Å². The molecule has 0 saturated heterocycles. The molecule has 4 rings (SSSR count). The molecular formula is C24H29FN6O2. The van der Waals surface area contributed by atoms with Gasteiger partial charge in [-0.3, -0.25) is 9.48 Å². The summed E-state index contributed by atoms with van der Waals surface area (Å²) >= 11 is 0. The second-order valence-electron chi connectivity index (χ2n) is 8.18. The summed E-state index contributed by atoms with van der Waals surface area (Å²) in [6.07, 6.45) is 7.66. The minimum atomic E-state index is -0.259. The molecule has 1 aromatic carbocycles. The summed E-state index contributed by atoms with van der Waals surface area (Å²) in [5.41, 5.74) is 2.79. The van der Waals surface area contributed by atoms with E-state index in [-0.39, 0.29) is 17.8 Å². The number of hydrogen-bond donors (Lipinski definition) is 0. The smallest absolute Gasteiger partial charge is 0.249 e. The molecule has 1 atom stereocenters. The number of rotatable bonds is 9. The Morgan fingerprint density at radius 1 is 1.12 bits per heavy atom. The molecule has 8 nitrogen and oxygen atoms in total. The predicted octanol–water partition coefficient (Wildman–Crippen LogP) is 2.85. The Balaban J connectivity index is 1.47. The molecule has 0 aliphatic carbocycles. The van der Waals surface area contributed by atoms with Gasteiger partial charge in [0.05, 0.1) is 25.5 Å². The number of carbonyl (C=O) groups is 1. The van der Waals surface area contributed by atoms with Gasteiger partial charge in [0.2, 0.25) is 5.91 Å². The fourth-order valence-corrected chi connectivity index (χ4v) is 4.09. The van der Waals surface area contributed by atoms with E-state index in [0.717, 1.165) is 34.9 Å². The van der Waals surface area contributed by atoms with E-state index in [1.165, 1.54) is 12.1 Å². The normalized spacial score (nSPS) is 15.8. The molecule has 9 heteroatoms. The summed E-state index contributed by atoms with van der Waals surface area (Å²) in [7, 11) is 3.43. The molecule has 0 spiro atoms. The highest BCUT2D eigenvalue weighted by atomic mass is 19.1. The van der Waals surface area contributed by atoms with Gasteiger partial charge in [0, 0.05) is 33.3 Å². The quantitative estimate of drug-likeness (QED) is 0.497. The summed E-state index contributed by atoms with van der Waals surface area (Å²) in [6, 6.07) is 6.18. The van der Waals surface area contributed by atoms with Crippen LogP contribution in [0.2, 0.25) is 0 Å². The second-order valence-corrected chi connectivity index (χ2v) is 8.18. The van der Waals surface area contributed by atoms with Gasteiger partial charge in [-0.2, -0.15) is 5.10 Å². The highest BCUT2D eigenvalue weighted by molar-refractivity contribution is 6.04. The van der Waals surface area contributed by atoms with Crippen molar-refractivity contribution in [3.63, 3.8) is 0 Å². The zero-order chi connectivity index (χ0) is 23.4. The van der Waals surface area contributed by atoms with Crippen molar-refractivity contribution < 1.29 is 13.9 Å². The lowest BCUT2D eigenvalue weighted by atomic mass is 10.1. The third-order valence-electron chi connectivity index (χ3n) is 5.93. The maximum atomic E-state index is 13.1. The number of amides is 1. The molecule has 3 heterocycles. The molecule has 0 fully saturated rings. The van der Waals surface area contributed by atoms with Crippen molar-refractivity contribution in [2.75, 3.05) is 37.1 Å². The molecule has 0 bridgehead atoms. The van der Waals surface area contributed by atoms with E-state index in [2.05, 4.69) is 10.1 Å². The number of carbonyl (C=O) groups excluding carboxylic acids is 1. The SMILES string of the molecule is CC[C@@H]1C(=O)N(C)c2cnc(CCc3cnn(Cc4ccc(F)cc4)c3)nc2N1CCOC. The number of nitrogens with zero attached hydrogens (tertiary/aromatic N) is 6. The number of likely N-dealkylation sites (N-methyl/N-ethyl adjacent to an activating group) is 1. The van der Waals surface area contributed by atoms with Crippen LogP contribution in [0, 0.1) is 5.82 Å². The predicted molar refractivity (Wildman–Crippen MR) is 124 cm³/mol. The number of methoxy groups -OCH3 is 1. The number of aryl methyl sites for hydroxylation is 2. The maximum absolute atomic E-state index is 13.1. The van der Waals surface area contributed by atoms with Crippen LogP contribution < -0.4 is 9.80 Å². The number of anilines is 2. The molecule has 1 aliphatic heterocycles. The lowest BCUT2D eigenvalue weighted by molar-refractivity contribution is -0.120. The van der Waals surface area contributed by atoms with Crippen molar-refractivity contribution in [1.82, 2.24) is 19.7 Å². The fraction of sp³-hybridized carbons (Fsp3) is 0.417. The monoisotopic (exact) mass is 452 g/mol. The van der Waals surface area contributed by atoms with Crippen LogP contribution in [0.5, 0.6) is 0 Å². The molecule has 0 unspecified atom stereocenters. The van der Waals surface area contributed by atoms with Crippen molar-refractivity contribution in [2.45, 2.75) is 38.8 Å². The largest absolute Gasteiger partial charge is 0.383 e. The van der Waals surface area contributed by atoms with Crippen molar-refractivity contribution in [2.24, 2.45) is 0 Å². The molecule has 1 amide bonds. The van der Waals surface area contributed by atoms with E-state index in [9.17, 15) is 9.18 Å². The van der Waals surface area contributed by atoms with Crippen LogP contribution in [0.15, 0.2) is 42.9 Å². The number of halogens is 1. The van der Waals surface area contributed by atoms with Crippen LogP contribution in [0.1, 0.15) is 30.3 Å². The molecule has 0 saturated carbocycles. The van der Waals surface area contributed by atoms with E-state index in [0.29, 0.717) is 32.5 Å². The van der Waals surface area contributed by atoms with Gasteiger partial charge in [0.25, 0.3) is 0 Å². The lowest BCUT2D eigenvalue weighted by Gasteiger charge is -2.40. The maximum Gasteiger partial charge on any atom is 0.249 e. The first kappa shape index (κ1) is 22.8. The number of hydrogen-bond acceptors (Lipinski definition) is 6. The Kier molecular flexibility index (Phi) is 6.98. The highest BCUT2D eigenvalue weighted by Crippen LogP contribution is 2.34. The first-order valence-corrected chi connectivity index (χ1v) is 11.1. The number of fused-ring (bicyclic) bond motifs is 1. The van der Waals surface area contributed by atoms with Crippen LogP contribution in [-0.2, 0) is 28.9 Å². The third kappa shape index (κ3) is 5.03. The molecule has 0 radical (unpaired) electrons. The van der Waals surface area contributed by atoms with Gasteiger partial charge < -0.3 is 14.5 Å². The van der Waals surface area contributed by atoms with E-state index in [4.69, 9.17) is 9.72 Å². The van der Waals surface area contributed by atoms with E-state index < -0.39 is 0 Å². The summed E-state index contributed by atoms with van der Waals surface area (Å²) in [5.74, 6) is 1.30. The van der Waals surface area contributed by atoms with Gasteiger partial charge in [0.1, 0.15) is 23.4 Å². The van der Waals surface area contributed by atoms with E-state index >= 15 is 0 Å². The van der Waals surface area contributed by atoms with Crippen LogP contribution in [0.3, 0.4) is 0 Å². The van der Waals surface area contributed by atoms with Crippen molar-refractivity contribution in [1.29, 1.82) is 0 Å². The minimum absolute atomic E-state index is 0.0472. The molecule has 0 N–H and O–H groups in total.